The third kappa shape index (κ3) is 5.26. The van der Waals surface area contributed by atoms with Gasteiger partial charge in [-0.3, -0.25) is 9.59 Å². The molecule has 1 aromatic heterocycles. The number of amides is 2. The summed E-state index contributed by atoms with van der Waals surface area (Å²) in [7, 11) is 1.56. The average molecular weight is 448 g/mol. The number of fused-ring (bicyclic) bond motifs is 2. The Labute approximate surface area is 191 Å². The van der Waals surface area contributed by atoms with E-state index in [0.717, 1.165) is 52.6 Å². The number of rotatable bonds is 7. The number of nitrogens with one attached hydrogen (secondary N) is 2. The lowest BCUT2D eigenvalue weighted by Gasteiger charge is -2.23. The maximum atomic E-state index is 13.3. The first-order valence-electron chi connectivity index (χ1n) is 11.0. The summed E-state index contributed by atoms with van der Waals surface area (Å²) in [5.41, 5.74) is 4.85. The molecule has 0 saturated carbocycles. The van der Waals surface area contributed by atoms with Crippen molar-refractivity contribution in [1.82, 2.24) is 15.6 Å². The lowest BCUT2D eigenvalue weighted by molar-refractivity contribution is -0.120. The molecule has 0 unspecified atom stereocenters. The van der Waals surface area contributed by atoms with E-state index < -0.39 is 0 Å². The standard InChI is InChI=1S/C26H26FN3O3/c1-33-14-13-28-23(31)16-29-26(32)24-20-6-2-3-8-22(20)30-25-18(5-4-7-21(24)25)15-17-9-11-19(27)12-10-17/h2-3,6,8-12,15H,4-5,7,13-14,16H2,1H3,(H,28,31)(H,29,32)/b18-15-. The molecule has 6 nitrogen and oxygen atoms in total. The van der Waals surface area contributed by atoms with Crippen LogP contribution in [0.2, 0.25) is 0 Å². The molecule has 0 atom stereocenters. The summed E-state index contributed by atoms with van der Waals surface area (Å²) in [4.78, 5) is 30.2. The number of ether oxygens (including phenoxy) is 1. The molecule has 1 aliphatic rings. The van der Waals surface area contributed by atoms with E-state index >= 15 is 0 Å². The van der Waals surface area contributed by atoms with Crippen molar-refractivity contribution in [2.24, 2.45) is 0 Å². The average Bonchev–Trinajstić information content (AvgIpc) is 2.83. The maximum Gasteiger partial charge on any atom is 0.252 e. The van der Waals surface area contributed by atoms with Gasteiger partial charge in [0.25, 0.3) is 5.91 Å². The van der Waals surface area contributed by atoms with Crippen molar-refractivity contribution in [3.05, 3.63) is 76.7 Å². The lowest BCUT2D eigenvalue weighted by atomic mass is 9.85. The Hall–Kier alpha value is -3.58. The Bertz CT molecular complexity index is 1210. The second kappa shape index (κ2) is 10.4. The zero-order valence-electron chi connectivity index (χ0n) is 18.5. The smallest absolute Gasteiger partial charge is 0.252 e. The van der Waals surface area contributed by atoms with Crippen LogP contribution in [-0.4, -0.2) is 43.6 Å². The van der Waals surface area contributed by atoms with Crippen LogP contribution in [0.4, 0.5) is 4.39 Å². The molecule has 0 aliphatic heterocycles. The van der Waals surface area contributed by atoms with Crippen molar-refractivity contribution in [3.63, 3.8) is 0 Å². The van der Waals surface area contributed by atoms with Crippen LogP contribution in [0.1, 0.15) is 40.0 Å². The van der Waals surface area contributed by atoms with Crippen molar-refractivity contribution >= 4 is 34.4 Å². The number of hydrogen-bond acceptors (Lipinski definition) is 4. The van der Waals surface area contributed by atoms with Gasteiger partial charge in [-0.2, -0.15) is 0 Å². The highest BCUT2D eigenvalue weighted by molar-refractivity contribution is 6.09. The minimum absolute atomic E-state index is 0.119. The summed E-state index contributed by atoms with van der Waals surface area (Å²) in [6, 6.07) is 13.9. The number of nitrogens with zero attached hydrogens (tertiary/aromatic N) is 1. The monoisotopic (exact) mass is 447 g/mol. The number of halogens is 1. The second-order valence-electron chi connectivity index (χ2n) is 7.93. The topological polar surface area (TPSA) is 80.3 Å². The fraction of sp³-hybridized carbons (Fsp3) is 0.269. The Morgan fingerprint density at radius 2 is 1.88 bits per heavy atom. The van der Waals surface area contributed by atoms with Crippen molar-refractivity contribution in [2.75, 3.05) is 26.8 Å². The number of pyridine rings is 1. The molecule has 0 spiro atoms. The van der Waals surface area contributed by atoms with Gasteiger partial charge in [-0.25, -0.2) is 9.37 Å². The lowest BCUT2D eigenvalue weighted by Crippen LogP contribution is -2.38. The van der Waals surface area contributed by atoms with Crippen LogP contribution in [-0.2, 0) is 16.0 Å². The van der Waals surface area contributed by atoms with Gasteiger partial charge < -0.3 is 15.4 Å². The van der Waals surface area contributed by atoms with E-state index in [1.54, 1.807) is 19.2 Å². The number of methoxy groups -OCH3 is 1. The molecule has 3 aromatic rings. The molecular weight excluding hydrogens is 421 g/mol. The van der Waals surface area contributed by atoms with Gasteiger partial charge in [-0.15, -0.1) is 0 Å². The molecule has 0 radical (unpaired) electrons. The molecule has 0 fully saturated rings. The third-order valence-electron chi connectivity index (χ3n) is 5.65. The first-order valence-corrected chi connectivity index (χ1v) is 11.0. The first-order chi connectivity index (χ1) is 16.1. The van der Waals surface area contributed by atoms with Crippen LogP contribution < -0.4 is 10.6 Å². The summed E-state index contributed by atoms with van der Waals surface area (Å²) >= 11 is 0. The molecule has 170 valence electrons. The predicted molar refractivity (Wildman–Crippen MR) is 126 cm³/mol. The fourth-order valence-electron chi connectivity index (χ4n) is 4.10. The van der Waals surface area contributed by atoms with Crippen molar-refractivity contribution < 1.29 is 18.7 Å². The molecule has 2 amide bonds. The van der Waals surface area contributed by atoms with Gasteiger partial charge in [0.05, 0.1) is 29.9 Å². The van der Waals surface area contributed by atoms with E-state index in [2.05, 4.69) is 10.6 Å². The molecule has 1 heterocycles. The number of para-hydroxylation sites is 1. The molecule has 2 N–H and O–H groups in total. The Morgan fingerprint density at radius 3 is 2.67 bits per heavy atom. The highest BCUT2D eigenvalue weighted by atomic mass is 19.1. The summed E-state index contributed by atoms with van der Waals surface area (Å²) in [6.07, 6.45) is 4.41. The van der Waals surface area contributed by atoms with Crippen LogP contribution in [0.5, 0.6) is 0 Å². The molecule has 0 saturated heterocycles. The number of benzene rings is 2. The largest absolute Gasteiger partial charge is 0.383 e. The Balaban J connectivity index is 1.69. The molecule has 7 heteroatoms. The van der Waals surface area contributed by atoms with Crippen LogP contribution in [0.25, 0.3) is 22.6 Å². The number of hydrogen-bond donors (Lipinski definition) is 2. The van der Waals surface area contributed by atoms with Crippen LogP contribution in [0.15, 0.2) is 48.5 Å². The van der Waals surface area contributed by atoms with E-state index in [-0.39, 0.29) is 24.2 Å². The van der Waals surface area contributed by atoms with E-state index in [1.807, 2.05) is 30.3 Å². The Morgan fingerprint density at radius 1 is 1.09 bits per heavy atom. The zero-order valence-corrected chi connectivity index (χ0v) is 18.5. The summed E-state index contributed by atoms with van der Waals surface area (Å²) in [5, 5.41) is 6.22. The number of allylic oxidation sites excluding steroid dienone is 1. The Kier molecular flexibility index (Phi) is 7.10. The van der Waals surface area contributed by atoms with Crippen LogP contribution in [0.3, 0.4) is 0 Å². The normalized spacial score (nSPS) is 14.2. The molecule has 2 aromatic carbocycles. The van der Waals surface area contributed by atoms with E-state index in [4.69, 9.17) is 9.72 Å². The number of carbonyl (C=O) groups is 2. The van der Waals surface area contributed by atoms with Crippen LogP contribution in [0, 0.1) is 5.82 Å². The minimum atomic E-state index is -0.297. The van der Waals surface area contributed by atoms with Crippen LogP contribution >= 0.6 is 0 Å². The molecule has 33 heavy (non-hydrogen) atoms. The summed E-state index contributed by atoms with van der Waals surface area (Å²) in [6.45, 7) is 0.675. The molecule has 0 bridgehead atoms. The minimum Gasteiger partial charge on any atom is -0.383 e. The first kappa shape index (κ1) is 22.6. The molecule has 4 rings (SSSR count). The summed E-state index contributed by atoms with van der Waals surface area (Å²) in [5.74, 6) is -0.852. The van der Waals surface area contributed by atoms with Gasteiger partial charge >= 0.3 is 0 Å². The van der Waals surface area contributed by atoms with E-state index in [0.29, 0.717) is 18.7 Å². The van der Waals surface area contributed by atoms with Crippen molar-refractivity contribution in [2.45, 2.75) is 19.3 Å². The molecular formula is C26H26FN3O3. The van der Waals surface area contributed by atoms with Gasteiger partial charge in [0.2, 0.25) is 5.91 Å². The van der Waals surface area contributed by atoms with Gasteiger partial charge in [0.1, 0.15) is 5.82 Å². The SMILES string of the molecule is COCCNC(=O)CNC(=O)c1c2c(nc3ccccc13)/C(=C\c1ccc(F)cc1)CCC2. The zero-order chi connectivity index (χ0) is 23.2. The number of carbonyl (C=O) groups excluding carboxylic acids is 2. The van der Waals surface area contributed by atoms with Gasteiger partial charge in [-0.1, -0.05) is 30.3 Å². The van der Waals surface area contributed by atoms with Gasteiger partial charge in [0, 0.05) is 19.0 Å². The van der Waals surface area contributed by atoms with Crippen molar-refractivity contribution in [3.8, 4) is 0 Å². The third-order valence-corrected chi connectivity index (χ3v) is 5.65. The fourth-order valence-corrected chi connectivity index (χ4v) is 4.10. The highest BCUT2D eigenvalue weighted by Gasteiger charge is 2.25. The van der Waals surface area contributed by atoms with Gasteiger partial charge in [0.15, 0.2) is 0 Å². The summed E-state index contributed by atoms with van der Waals surface area (Å²) < 4.78 is 18.2. The molecule has 1 aliphatic carbocycles. The van der Waals surface area contributed by atoms with E-state index in [9.17, 15) is 14.0 Å². The predicted octanol–water partition coefficient (Wildman–Crippen LogP) is 3.74. The van der Waals surface area contributed by atoms with Gasteiger partial charge in [-0.05, 0) is 60.2 Å². The maximum absolute atomic E-state index is 13.3. The second-order valence-corrected chi connectivity index (χ2v) is 7.93. The number of aromatic nitrogens is 1. The highest BCUT2D eigenvalue weighted by Crippen LogP contribution is 2.36. The van der Waals surface area contributed by atoms with Crippen molar-refractivity contribution in [1.29, 1.82) is 0 Å². The quantitative estimate of drug-likeness (QED) is 0.541. The van der Waals surface area contributed by atoms with E-state index in [1.165, 1.54) is 12.1 Å².